The van der Waals surface area contributed by atoms with Crippen molar-refractivity contribution in [1.29, 1.82) is 0 Å². The van der Waals surface area contributed by atoms with Gasteiger partial charge < -0.3 is 9.47 Å². The second kappa shape index (κ2) is 12.4. The minimum atomic E-state index is -0.396. The van der Waals surface area contributed by atoms with E-state index in [1.807, 2.05) is 23.9 Å². The molecule has 0 aromatic heterocycles. The van der Waals surface area contributed by atoms with E-state index in [0.29, 0.717) is 11.1 Å². The zero-order valence-corrected chi connectivity index (χ0v) is 16.5. The highest BCUT2D eigenvalue weighted by molar-refractivity contribution is 5.93. The first-order chi connectivity index (χ1) is 12.5. The predicted octanol–water partition coefficient (Wildman–Crippen LogP) is 3.38. The van der Waals surface area contributed by atoms with Gasteiger partial charge in [0.25, 0.3) is 0 Å². The lowest BCUT2D eigenvalue weighted by atomic mass is 10.1. The molecule has 0 radical (unpaired) electrons. The maximum Gasteiger partial charge on any atom is 0.339 e. The molecular formula is C20H32N2O4. The first-order valence-electron chi connectivity index (χ1n) is 9.29. The molecule has 0 bridgehead atoms. The van der Waals surface area contributed by atoms with Crippen LogP contribution in [0.2, 0.25) is 0 Å². The van der Waals surface area contributed by atoms with Crippen molar-refractivity contribution in [3.63, 3.8) is 0 Å². The van der Waals surface area contributed by atoms with E-state index in [-0.39, 0.29) is 13.5 Å². The molecule has 0 fully saturated rings. The third-order valence-corrected chi connectivity index (χ3v) is 3.98. The van der Waals surface area contributed by atoms with Crippen molar-refractivity contribution in [3.05, 3.63) is 35.4 Å². The van der Waals surface area contributed by atoms with Crippen LogP contribution in [0, 0.1) is 0 Å². The Morgan fingerprint density at radius 3 is 1.42 bits per heavy atom. The van der Waals surface area contributed by atoms with Crippen molar-refractivity contribution in [2.24, 2.45) is 0 Å². The molecule has 0 amide bonds. The van der Waals surface area contributed by atoms with Crippen molar-refractivity contribution in [3.8, 4) is 0 Å². The second-order valence-corrected chi connectivity index (χ2v) is 6.57. The average molecular weight is 364 g/mol. The summed E-state index contributed by atoms with van der Waals surface area (Å²) in [5.74, 6) is -0.792. The Hall–Kier alpha value is -1.92. The molecule has 0 aliphatic rings. The molecule has 0 atom stereocenters. The molecule has 0 saturated carbocycles. The zero-order valence-electron chi connectivity index (χ0n) is 16.5. The predicted molar refractivity (Wildman–Crippen MR) is 102 cm³/mol. The van der Waals surface area contributed by atoms with Crippen molar-refractivity contribution < 1.29 is 19.1 Å². The van der Waals surface area contributed by atoms with Gasteiger partial charge in [-0.05, 0) is 51.2 Å². The van der Waals surface area contributed by atoms with Gasteiger partial charge in [-0.15, -0.1) is 0 Å². The number of hydrogen-bond acceptors (Lipinski definition) is 6. The van der Waals surface area contributed by atoms with Crippen molar-refractivity contribution in [2.75, 3.05) is 40.6 Å². The molecule has 0 N–H and O–H groups in total. The van der Waals surface area contributed by atoms with E-state index in [0.717, 1.165) is 38.8 Å². The molecule has 0 unspecified atom stereocenters. The second-order valence-electron chi connectivity index (χ2n) is 6.57. The minimum absolute atomic E-state index is 0.257. The molecular weight excluding hydrogens is 332 g/mol. The summed E-state index contributed by atoms with van der Waals surface area (Å²) in [6.45, 7) is 6.53. The molecule has 1 aromatic rings. The molecule has 0 aliphatic carbocycles. The summed E-state index contributed by atoms with van der Waals surface area (Å²) in [5.41, 5.74) is 0.844. The van der Waals surface area contributed by atoms with E-state index in [4.69, 9.17) is 9.47 Å². The van der Waals surface area contributed by atoms with Crippen LogP contribution < -0.4 is 0 Å². The van der Waals surface area contributed by atoms with Gasteiger partial charge in [0.05, 0.1) is 11.1 Å². The molecule has 0 heterocycles. The Morgan fingerprint density at radius 2 is 1.12 bits per heavy atom. The molecule has 26 heavy (non-hydrogen) atoms. The Morgan fingerprint density at radius 1 is 0.769 bits per heavy atom. The maximum absolute atomic E-state index is 12.0. The van der Waals surface area contributed by atoms with Gasteiger partial charge in [0.2, 0.25) is 0 Å². The lowest BCUT2D eigenvalue weighted by Crippen LogP contribution is -2.25. The third-order valence-electron chi connectivity index (χ3n) is 3.98. The normalized spacial score (nSPS) is 11.0. The van der Waals surface area contributed by atoms with Gasteiger partial charge in [0.1, 0.15) is 13.5 Å². The van der Waals surface area contributed by atoms with Gasteiger partial charge in [-0.1, -0.05) is 26.7 Å². The quantitative estimate of drug-likeness (QED) is 0.419. The minimum Gasteiger partial charge on any atom is -0.446 e. The molecule has 1 rings (SSSR count). The van der Waals surface area contributed by atoms with E-state index >= 15 is 0 Å². The monoisotopic (exact) mass is 364 g/mol. The molecule has 6 heteroatoms. The van der Waals surface area contributed by atoms with Gasteiger partial charge in [-0.25, -0.2) is 9.59 Å². The Balaban J connectivity index is 2.44. The molecule has 6 nitrogen and oxygen atoms in total. The Kier molecular flexibility index (Phi) is 10.6. The van der Waals surface area contributed by atoms with E-state index in [1.165, 1.54) is 0 Å². The van der Waals surface area contributed by atoms with Crippen LogP contribution in [0.1, 0.15) is 60.2 Å². The Bertz CT molecular complexity index is 496. The first-order valence-corrected chi connectivity index (χ1v) is 9.29. The van der Waals surface area contributed by atoms with Crippen LogP contribution in [0.3, 0.4) is 0 Å². The van der Waals surface area contributed by atoms with Crippen LogP contribution in [-0.2, 0) is 9.47 Å². The topological polar surface area (TPSA) is 59.1 Å². The van der Waals surface area contributed by atoms with E-state index in [9.17, 15) is 9.59 Å². The van der Waals surface area contributed by atoms with Crippen molar-refractivity contribution >= 4 is 11.9 Å². The number of carbonyl (C=O) groups excluding carboxylic acids is 2. The molecule has 0 aliphatic heterocycles. The van der Waals surface area contributed by atoms with Gasteiger partial charge in [0, 0.05) is 13.1 Å². The largest absolute Gasteiger partial charge is 0.446 e. The first kappa shape index (κ1) is 22.1. The zero-order chi connectivity index (χ0) is 19.4. The highest BCUT2D eigenvalue weighted by Gasteiger charge is 2.12. The smallest absolute Gasteiger partial charge is 0.339 e. The fourth-order valence-electron chi connectivity index (χ4n) is 2.23. The van der Waals surface area contributed by atoms with Crippen LogP contribution in [-0.4, -0.2) is 62.4 Å². The van der Waals surface area contributed by atoms with E-state index in [1.54, 1.807) is 24.3 Å². The lowest BCUT2D eigenvalue weighted by Gasteiger charge is -2.16. The average Bonchev–Trinajstić information content (AvgIpc) is 2.66. The number of benzene rings is 1. The summed E-state index contributed by atoms with van der Waals surface area (Å²) >= 11 is 0. The SMILES string of the molecule is CCCCN(C)COC(=O)c1ccc(C(=O)OCN(C)CCCC)cc1. The van der Waals surface area contributed by atoms with Gasteiger partial charge in [-0.2, -0.15) is 0 Å². The number of carbonyl (C=O) groups is 2. The van der Waals surface area contributed by atoms with E-state index < -0.39 is 11.9 Å². The maximum atomic E-state index is 12.0. The number of rotatable bonds is 12. The third kappa shape index (κ3) is 8.45. The van der Waals surface area contributed by atoms with Crippen molar-refractivity contribution in [2.45, 2.75) is 39.5 Å². The fourth-order valence-corrected chi connectivity index (χ4v) is 2.23. The highest BCUT2D eigenvalue weighted by atomic mass is 16.5. The number of unbranched alkanes of at least 4 members (excludes halogenated alkanes) is 2. The number of hydrogen-bond donors (Lipinski definition) is 0. The standard InChI is InChI=1S/C20H32N2O4/c1-5-7-13-21(3)15-25-19(23)17-9-11-18(12-10-17)20(24)26-16-22(4)14-8-6-2/h9-12H,5-8,13-16H2,1-4H3. The molecule has 146 valence electrons. The summed E-state index contributed by atoms with van der Waals surface area (Å²) in [7, 11) is 3.83. The van der Waals surface area contributed by atoms with Crippen LogP contribution in [0.5, 0.6) is 0 Å². The number of nitrogens with zero attached hydrogens (tertiary/aromatic N) is 2. The lowest BCUT2D eigenvalue weighted by molar-refractivity contribution is 0.0259. The van der Waals surface area contributed by atoms with Crippen LogP contribution >= 0.6 is 0 Å². The highest BCUT2D eigenvalue weighted by Crippen LogP contribution is 2.08. The van der Waals surface area contributed by atoms with Crippen LogP contribution in [0.4, 0.5) is 0 Å². The Labute approximate surface area is 157 Å². The summed E-state index contributed by atoms with van der Waals surface area (Å²) in [5, 5.41) is 0. The van der Waals surface area contributed by atoms with Gasteiger partial charge in [0.15, 0.2) is 0 Å². The van der Waals surface area contributed by atoms with Gasteiger partial charge in [-0.3, -0.25) is 9.80 Å². The molecule has 0 spiro atoms. The number of ether oxygens (including phenoxy) is 2. The summed E-state index contributed by atoms with van der Waals surface area (Å²) in [4.78, 5) is 28.0. The molecule has 1 aromatic carbocycles. The molecule has 0 saturated heterocycles. The van der Waals surface area contributed by atoms with Crippen LogP contribution in [0.25, 0.3) is 0 Å². The van der Waals surface area contributed by atoms with Crippen molar-refractivity contribution in [1.82, 2.24) is 9.80 Å². The van der Waals surface area contributed by atoms with E-state index in [2.05, 4.69) is 13.8 Å². The van der Waals surface area contributed by atoms with Crippen LogP contribution in [0.15, 0.2) is 24.3 Å². The summed E-state index contributed by atoms with van der Waals surface area (Å²) in [6.07, 6.45) is 4.34. The fraction of sp³-hybridized carbons (Fsp3) is 0.600. The van der Waals surface area contributed by atoms with Gasteiger partial charge >= 0.3 is 11.9 Å². The summed E-state index contributed by atoms with van der Waals surface area (Å²) in [6, 6.07) is 6.36. The summed E-state index contributed by atoms with van der Waals surface area (Å²) < 4.78 is 10.5. The number of esters is 2.